The predicted octanol–water partition coefficient (Wildman–Crippen LogP) is 5.62. The fourth-order valence-electron chi connectivity index (χ4n) is 5.31. The molecule has 0 aliphatic carbocycles. The molecule has 2 aliphatic heterocycles. The monoisotopic (exact) mass is 619 g/mol. The van der Waals surface area contributed by atoms with Crippen molar-refractivity contribution in [1.82, 2.24) is 20.4 Å². The Hall–Kier alpha value is -3.02. The summed E-state index contributed by atoms with van der Waals surface area (Å²) < 4.78 is 31.9. The van der Waals surface area contributed by atoms with Crippen LogP contribution in [0.5, 0.6) is 5.75 Å². The fraction of sp³-hybridized carbons (Fsp3) is 0.677. The number of carbonyl (C=O) groups is 2. The zero-order valence-corrected chi connectivity index (χ0v) is 27.0. The van der Waals surface area contributed by atoms with Gasteiger partial charge in [0.1, 0.15) is 23.2 Å². The highest BCUT2D eigenvalue weighted by atomic mass is 32.2. The van der Waals surface area contributed by atoms with E-state index in [0.717, 1.165) is 43.9 Å². The highest BCUT2D eigenvalue weighted by Gasteiger charge is 2.31. The summed E-state index contributed by atoms with van der Waals surface area (Å²) in [6.45, 7) is 14.4. The van der Waals surface area contributed by atoms with Gasteiger partial charge in [-0.25, -0.2) is 9.18 Å². The summed E-state index contributed by atoms with van der Waals surface area (Å²) in [7, 11) is 0. The number of halogens is 1. The fourth-order valence-corrected chi connectivity index (χ4v) is 6.26. The van der Waals surface area contributed by atoms with Gasteiger partial charge in [-0.3, -0.25) is 4.79 Å². The minimum atomic E-state index is -0.931. The molecule has 1 N–H and O–H groups in total. The molecule has 43 heavy (non-hydrogen) atoms. The molecule has 1 aromatic carbocycles. The lowest BCUT2D eigenvalue weighted by atomic mass is 9.84. The first-order valence-electron chi connectivity index (χ1n) is 15.3. The van der Waals surface area contributed by atoms with Gasteiger partial charge in [0.05, 0.1) is 12.5 Å². The van der Waals surface area contributed by atoms with Gasteiger partial charge < -0.3 is 29.1 Å². The van der Waals surface area contributed by atoms with E-state index in [1.165, 1.54) is 6.07 Å². The summed E-state index contributed by atoms with van der Waals surface area (Å²) in [5, 5.41) is 6.74. The van der Waals surface area contributed by atoms with Crippen molar-refractivity contribution in [2.45, 2.75) is 84.8 Å². The van der Waals surface area contributed by atoms with Gasteiger partial charge in [0.15, 0.2) is 5.82 Å². The van der Waals surface area contributed by atoms with Crippen molar-refractivity contribution in [2.24, 2.45) is 11.8 Å². The number of rotatable bonds is 11. The molecule has 2 fully saturated rings. The molecular weight excluding hydrogens is 573 g/mol. The zero-order chi connectivity index (χ0) is 31.1. The van der Waals surface area contributed by atoms with E-state index in [2.05, 4.69) is 27.3 Å². The minimum Gasteiger partial charge on any atom is -0.493 e. The summed E-state index contributed by atoms with van der Waals surface area (Å²) >= 11 is 1.65. The molecule has 12 heteroatoms. The number of nitrogens with one attached hydrogen (secondary N) is 1. The Morgan fingerprint density at radius 3 is 2.53 bits per heavy atom. The van der Waals surface area contributed by atoms with E-state index >= 15 is 4.39 Å². The third-order valence-corrected chi connectivity index (χ3v) is 8.87. The second-order valence-corrected chi connectivity index (χ2v) is 13.9. The number of nitrogens with zero attached hydrogens (tertiary/aromatic N) is 4. The molecule has 0 radical (unpaired) electrons. The number of carbonyl (C=O) groups excluding carboxylic acids is 2. The van der Waals surface area contributed by atoms with Gasteiger partial charge in [-0.05, 0) is 63.5 Å². The molecule has 2 aromatic rings. The van der Waals surface area contributed by atoms with Crippen molar-refractivity contribution < 1.29 is 28.0 Å². The summed E-state index contributed by atoms with van der Waals surface area (Å²) in [5.74, 6) is 3.10. The summed E-state index contributed by atoms with van der Waals surface area (Å²) in [5.41, 5.74) is -0.386. The average molecular weight is 620 g/mol. The van der Waals surface area contributed by atoms with Crippen LogP contribution < -0.4 is 15.0 Å². The van der Waals surface area contributed by atoms with Crippen molar-refractivity contribution >= 4 is 29.8 Å². The Balaban J connectivity index is 1.26. The molecule has 3 heterocycles. The Kier molecular flexibility index (Phi) is 11.2. The number of piperidine rings is 1. The number of aromatic nitrogens is 2. The number of anilines is 1. The van der Waals surface area contributed by atoms with Crippen LogP contribution in [0.2, 0.25) is 0 Å². The second-order valence-electron chi connectivity index (χ2n) is 12.8. The van der Waals surface area contributed by atoms with Crippen molar-refractivity contribution in [3.8, 4) is 5.75 Å². The van der Waals surface area contributed by atoms with Crippen LogP contribution in [0, 0.1) is 17.7 Å². The normalized spacial score (nSPS) is 17.7. The molecule has 0 saturated carbocycles. The van der Waals surface area contributed by atoms with Gasteiger partial charge in [-0.2, -0.15) is 4.98 Å². The summed E-state index contributed by atoms with van der Waals surface area (Å²) in [4.78, 5) is 34.0. The molecule has 0 bridgehead atoms. The van der Waals surface area contributed by atoms with E-state index < -0.39 is 23.6 Å². The molecular formula is C31H46FN5O5S. The lowest BCUT2D eigenvalue weighted by Gasteiger charge is -2.33. The van der Waals surface area contributed by atoms with Gasteiger partial charge in [-0.15, -0.1) is 11.8 Å². The molecule has 10 nitrogen and oxygen atoms in total. The largest absolute Gasteiger partial charge is 0.493 e. The lowest BCUT2D eigenvalue weighted by molar-refractivity contribution is -0.132. The maximum Gasteiger partial charge on any atom is 0.408 e. The van der Waals surface area contributed by atoms with E-state index in [1.54, 1.807) is 49.6 Å². The summed E-state index contributed by atoms with van der Waals surface area (Å²) in [6.07, 6.45) is 2.25. The average Bonchev–Trinajstić information content (AvgIpc) is 3.66. The number of hydrogen-bond donors (Lipinski definition) is 1. The molecule has 1 unspecified atom stereocenters. The highest BCUT2D eigenvalue weighted by Crippen LogP contribution is 2.30. The van der Waals surface area contributed by atoms with E-state index in [4.69, 9.17) is 14.0 Å². The van der Waals surface area contributed by atoms with E-state index in [1.807, 2.05) is 13.8 Å². The first kappa shape index (κ1) is 32.9. The number of hydrogen-bond acceptors (Lipinski definition) is 9. The van der Waals surface area contributed by atoms with Crippen LogP contribution in [0.3, 0.4) is 0 Å². The van der Waals surface area contributed by atoms with Gasteiger partial charge in [0.25, 0.3) is 0 Å². The maximum absolute atomic E-state index is 15.2. The first-order chi connectivity index (χ1) is 20.4. The lowest BCUT2D eigenvalue weighted by Crippen LogP contribution is -2.50. The van der Waals surface area contributed by atoms with Crippen molar-refractivity contribution in [3.05, 3.63) is 35.4 Å². The van der Waals surface area contributed by atoms with E-state index in [9.17, 15) is 9.59 Å². The molecule has 1 aromatic heterocycles. The van der Waals surface area contributed by atoms with Crippen molar-refractivity contribution in [3.63, 3.8) is 0 Å². The van der Waals surface area contributed by atoms with Crippen LogP contribution in [0.25, 0.3) is 0 Å². The molecule has 2 aliphatic rings. The molecule has 4 rings (SSSR count). The van der Waals surface area contributed by atoms with Crippen LogP contribution >= 0.6 is 11.8 Å². The SMILES string of the molecule is CC(C)c1noc(N2CCC([C@H](C)CCOc3ccc(CC(NC(=O)OC(C)(C)C)C(=O)N4CCSC4)c(F)c3)CC2)n1. The topological polar surface area (TPSA) is 110 Å². The van der Waals surface area contributed by atoms with Gasteiger partial charge in [0.2, 0.25) is 5.91 Å². The number of benzene rings is 1. The van der Waals surface area contributed by atoms with Gasteiger partial charge >= 0.3 is 12.1 Å². The highest BCUT2D eigenvalue weighted by molar-refractivity contribution is 7.99. The molecule has 0 spiro atoms. The molecule has 2 amide bonds. The second kappa shape index (κ2) is 14.6. The van der Waals surface area contributed by atoms with E-state index in [-0.39, 0.29) is 18.2 Å². The van der Waals surface area contributed by atoms with Crippen molar-refractivity contribution in [2.75, 3.05) is 42.8 Å². The number of ether oxygens (including phenoxy) is 2. The standard InChI is InChI=1S/C31H46FN5O5S/c1-20(2)27-34-29(42-35-27)36-12-9-22(10-13-36)21(3)11-15-40-24-8-7-23(25(32)18-24)17-26(28(38)37-14-16-43-19-37)33-30(39)41-31(4,5)6/h7-8,18,20-22,26H,9-17,19H2,1-6H3,(H,33,39)/t21-,26?/m1/s1. The van der Waals surface area contributed by atoms with Crippen LogP contribution in [-0.4, -0.2) is 76.6 Å². The number of amides is 2. The minimum absolute atomic E-state index is 0.0173. The predicted molar refractivity (Wildman–Crippen MR) is 165 cm³/mol. The quantitative estimate of drug-likeness (QED) is 0.343. The molecule has 2 atom stereocenters. The Labute approximate surface area is 258 Å². The Morgan fingerprint density at radius 1 is 1.19 bits per heavy atom. The number of alkyl carbamates (subject to hydrolysis) is 1. The third-order valence-electron chi connectivity index (χ3n) is 7.91. The van der Waals surface area contributed by atoms with Crippen LogP contribution in [0.1, 0.15) is 78.1 Å². The third kappa shape index (κ3) is 9.48. The summed E-state index contributed by atoms with van der Waals surface area (Å²) in [6, 6.07) is 4.38. The van der Waals surface area contributed by atoms with Gasteiger partial charge in [0, 0.05) is 43.8 Å². The first-order valence-corrected chi connectivity index (χ1v) is 16.4. The van der Waals surface area contributed by atoms with Crippen molar-refractivity contribution in [1.29, 1.82) is 0 Å². The van der Waals surface area contributed by atoms with E-state index in [0.29, 0.717) is 48.2 Å². The van der Waals surface area contributed by atoms with Crippen LogP contribution in [0.15, 0.2) is 22.7 Å². The van der Waals surface area contributed by atoms with Crippen LogP contribution in [-0.2, 0) is 16.0 Å². The van der Waals surface area contributed by atoms with Crippen LogP contribution in [0.4, 0.5) is 15.2 Å². The Bertz CT molecular complexity index is 1220. The smallest absolute Gasteiger partial charge is 0.408 e. The molecule has 238 valence electrons. The maximum atomic E-state index is 15.2. The number of thioether (sulfide) groups is 1. The molecule has 2 saturated heterocycles. The van der Waals surface area contributed by atoms with Gasteiger partial charge in [-0.1, -0.05) is 32.0 Å². The zero-order valence-electron chi connectivity index (χ0n) is 26.2. The Morgan fingerprint density at radius 2 is 1.93 bits per heavy atom.